The zero-order chi connectivity index (χ0) is 11.4. The molecule has 0 fully saturated rings. The number of aromatic nitrogens is 2. The Bertz CT molecular complexity index is 437. The summed E-state index contributed by atoms with van der Waals surface area (Å²) in [5, 5.41) is 5.91. The van der Waals surface area contributed by atoms with E-state index in [2.05, 4.69) is 5.10 Å². The van der Waals surface area contributed by atoms with Crippen molar-refractivity contribution in [1.82, 2.24) is 9.78 Å². The average Bonchev–Trinajstić information content (AvgIpc) is 2.88. The van der Waals surface area contributed by atoms with Crippen molar-refractivity contribution < 1.29 is 9.53 Å². The van der Waals surface area contributed by atoms with Gasteiger partial charge in [0.15, 0.2) is 0 Å². The van der Waals surface area contributed by atoms with E-state index in [1.807, 2.05) is 30.6 Å². The molecule has 0 aliphatic rings. The molecule has 0 saturated heterocycles. The fourth-order valence-electron chi connectivity index (χ4n) is 1.34. The number of ether oxygens (including phenoxy) is 1. The third kappa shape index (κ3) is 2.70. The molecule has 2 aromatic rings. The molecule has 2 heterocycles. The maximum Gasteiger partial charge on any atom is 0.348 e. The quantitative estimate of drug-likeness (QED) is 0.764. The molecule has 0 aromatic carbocycles. The number of thiophene rings is 1. The van der Waals surface area contributed by atoms with Crippen LogP contribution in [-0.2, 0) is 11.3 Å². The van der Waals surface area contributed by atoms with Crippen LogP contribution in [0.4, 0.5) is 0 Å². The second kappa shape index (κ2) is 4.94. The molecule has 0 saturated carbocycles. The summed E-state index contributed by atoms with van der Waals surface area (Å²) in [4.78, 5) is 12.2. The number of carbonyl (C=O) groups is 1. The van der Waals surface area contributed by atoms with Crippen LogP contribution in [0.2, 0.25) is 0 Å². The second-order valence-electron chi connectivity index (χ2n) is 3.42. The van der Waals surface area contributed by atoms with Gasteiger partial charge in [0.1, 0.15) is 11.0 Å². The molecular weight excluding hydrogens is 224 g/mol. The maximum absolute atomic E-state index is 11.6. The lowest BCUT2D eigenvalue weighted by Crippen LogP contribution is -2.20. The minimum Gasteiger partial charge on any atom is -0.457 e. The third-order valence-electron chi connectivity index (χ3n) is 2.03. The van der Waals surface area contributed by atoms with Gasteiger partial charge in [-0.15, -0.1) is 11.3 Å². The fraction of sp³-hybridized carbons (Fsp3) is 0.273. The topological polar surface area (TPSA) is 44.1 Å². The summed E-state index contributed by atoms with van der Waals surface area (Å²) in [7, 11) is 0. The first-order chi connectivity index (χ1) is 7.75. The molecule has 0 bridgehead atoms. The van der Waals surface area contributed by atoms with E-state index in [-0.39, 0.29) is 12.1 Å². The molecule has 2 rings (SSSR count). The van der Waals surface area contributed by atoms with Crippen molar-refractivity contribution in [1.29, 1.82) is 0 Å². The molecule has 4 nitrogen and oxygen atoms in total. The Labute approximate surface area is 97.5 Å². The highest BCUT2D eigenvalue weighted by molar-refractivity contribution is 7.11. The van der Waals surface area contributed by atoms with Gasteiger partial charge < -0.3 is 4.74 Å². The zero-order valence-electron chi connectivity index (χ0n) is 8.87. The Morgan fingerprint density at radius 3 is 3.12 bits per heavy atom. The molecule has 16 heavy (non-hydrogen) atoms. The molecule has 84 valence electrons. The summed E-state index contributed by atoms with van der Waals surface area (Å²) in [5.41, 5.74) is 0. The van der Waals surface area contributed by atoms with E-state index < -0.39 is 0 Å². The van der Waals surface area contributed by atoms with Crippen molar-refractivity contribution in [2.45, 2.75) is 19.6 Å². The first-order valence-electron chi connectivity index (χ1n) is 4.97. The summed E-state index contributed by atoms with van der Waals surface area (Å²) < 4.78 is 7.02. The van der Waals surface area contributed by atoms with Crippen LogP contribution < -0.4 is 0 Å². The van der Waals surface area contributed by atoms with E-state index in [4.69, 9.17) is 4.74 Å². The van der Waals surface area contributed by atoms with E-state index in [0.29, 0.717) is 11.4 Å². The highest BCUT2D eigenvalue weighted by Crippen LogP contribution is 2.11. The standard InChI is InChI=1S/C11H12N2O2S/c1-9(8-13-6-3-5-12-13)15-11(14)10-4-2-7-16-10/h2-7,9H,8H2,1H3/t9-/m0/s1. The van der Waals surface area contributed by atoms with Gasteiger partial charge in [0.25, 0.3) is 0 Å². The van der Waals surface area contributed by atoms with Gasteiger partial charge in [-0.1, -0.05) is 6.07 Å². The lowest BCUT2D eigenvalue weighted by atomic mass is 10.4. The number of esters is 1. The predicted octanol–water partition coefficient (Wildman–Crippen LogP) is 2.19. The molecule has 0 spiro atoms. The summed E-state index contributed by atoms with van der Waals surface area (Å²) in [6, 6.07) is 5.43. The Morgan fingerprint density at radius 2 is 2.50 bits per heavy atom. The van der Waals surface area contributed by atoms with E-state index in [1.165, 1.54) is 11.3 Å². The van der Waals surface area contributed by atoms with Gasteiger partial charge in [0.05, 0.1) is 6.54 Å². The molecule has 0 N–H and O–H groups in total. The fourth-order valence-corrected chi connectivity index (χ4v) is 1.95. The largest absolute Gasteiger partial charge is 0.457 e. The second-order valence-corrected chi connectivity index (χ2v) is 4.37. The van der Waals surface area contributed by atoms with E-state index in [0.717, 1.165) is 0 Å². The summed E-state index contributed by atoms with van der Waals surface area (Å²) in [6.07, 6.45) is 3.36. The Hall–Kier alpha value is -1.62. The summed E-state index contributed by atoms with van der Waals surface area (Å²) in [5.74, 6) is -0.269. The van der Waals surface area contributed by atoms with Crippen molar-refractivity contribution >= 4 is 17.3 Å². The van der Waals surface area contributed by atoms with Crippen LogP contribution in [0.3, 0.4) is 0 Å². The van der Waals surface area contributed by atoms with Crippen molar-refractivity contribution in [3.8, 4) is 0 Å². The molecule has 0 radical (unpaired) electrons. The Morgan fingerprint density at radius 1 is 1.62 bits per heavy atom. The van der Waals surface area contributed by atoms with Crippen molar-refractivity contribution in [2.75, 3.05) is 0 Å². The molecule has 1 atom stereocenters. The maximum atomic E-state index is 11.6. The van der Waals surface area contributed by atoms with E-state index in [9.17, 15) is 4.79 Å². The number of hydrogen-bond acceptors (Lipinski definition) is 4. The minimum absolute atomic E-state index is 0.186. The first kappa shape index (κ1) is 10.9. The number of nitrogens with zero attached hydrogens (tertiary/aromatic N) is 2. The third-order valence-corrected chi connectivity index (χ3v) is 2.88. The number of hydrogen-bond donors (Lipinski definition) is 0. The molecule has 5 heteroatoms. The predicted molar refractivity (Wildman–Crippen MR) is 61.4 cm³/mol. The van der Waals surface area contributed by atoms with Gasteiger partial charge in [0, 0.05) is 12.4 Å². The molecular formula is C11H12N2O2S. The van der Waals surface area contributed by atoms with Crippen LogP contribution in [0, 0.1) is 0 Å². The SMILES string of the molecule is C[C@@H](Cn1cccn1)OC(=O)c1cccs1. The average molecular weight is 236 g/mol. The monoisotopic (exact) mass is 236 g/mol. The highest BCUT2D eigenvalue weighted by atomic mass is 32.1. The van der Waals surface area contributed by atoms with Crippen LogP contribution in [-0.4, -0.2) is 21.9 Å². The summed E-state index contributed by atoms with van der Waals surface area (Å²) in [6.45, 7) is 2.43. The van der Waals surface area contributed by atoms with E-state index >= 15 is 0 Å². The van der Waals surface area contributed by atoms with Crippen LogP contribution in [0.15, 0.2) is 36.0 Å². The zero-order valence-corrected chi connectivity index (χ0v) is 9.68. The Kier molecular flexibility index (Phi) is 3.36. The first-order valence-corrected chi connectivity index (χ1v) is 5.85. The molecule has 0 aliphatic carbocycles. The van der Waals surface area contributed by atoms with Gasteiger partial charge in [0.2, 0.25) is 0 Å². The van der Waals surface area contributed by atoms with Crippen LogP contribution >= 0.6 is 11.3 Å². The lowest BCUT2D eigenvalue weighted by Gasteiger charge is -2.12. The van der Waals surface area contributed by atoms with Gasteiger partial charge in [-0.2, -0.15) is 5.10 Å². The molecule has 0 aliphatic heterocycles. The molecule has 2 aromatic heterocycles. The molecule has 0 unspecified atom stereocenters. The Balaban J connectivity index is 1.88. The van der Waals surface area contributed by atoms with Crippen LogP contribution in [0.5, 0.6) is 0 Å². The number of rotatable bonds is 4. The van der Waals surface area contributed by atoms with Gasteiger partial charge >= 0.3 is 5.97 Å². The van der Waals surface area contributed by atoms with Crippen molar-refractivity contribution in [2.24, 2.45) is 0 Å². The minimum atomic E-state index is -0.269. The highest BCUT2D eigenvalue weighted by Gasteiger charge is 2.13. The van der Waals surface area contributed by atoms with Gasteiger partial charge in [-0.3, -0.25) is 4.68 Å². The van der Waals surface area contributed by atoms with E-state index in [1.54, 1.807) is 16.9 Å². The van der Waals surface area contributed by atoms with Gasteiger partial charge in [-0.05, 0) is 24.4 Å². The van der Waals surface area contributed by atoms with Crippen molar-refractivity contribution in [3.05, 3.63) is 40.8 Å². The smallest absolute Gasteiger partial charge is 0.348 e. The normalized spacial score (nSPS) is 12.3. The molecule has 0 amide bonds. The van der Waals surface area contributed by atoms with Crippen molar-refractivity contribution in [3.63, 3.8) is 0 Å². The van der Waals surface area contributed by atoms with Crippen LogP contribution in [0.1, 0.15) is 16.6 Å². The number of carbonyl (C=O) groups excluding carboxylic acids is 1. The summed E-state index contributed by atoms with van der Waals surface area (Å²) >= 11 is 1.38. The van der Waals surface area contributed by atoms with Gasteiger partial charge in [-0.25, -0.2) is 4.79 Å². The lowest BCUT2D eigenvalue weighted by molar-refractivity contribution is 0.0304. The van der Waals surface area contributed by atoms with Crippen LogP contribution in [0.25, 0.3) is 0 Å².